The Labute approximate surface area is 145 Å². The maximum absolute atomic E-state index is 12.4. The molecule has 0 aliphatic heterocycles. The lowest BCUT2D eigenvalue weighted by Crippen LogP contribution is -2.28. The van der Waals surface area contributed by atoms with Crippen molar-refractivity contribution in [3.8, 4) is 0 Å². The van der Waals surface area contributed by atoms with Crippen LogP contribution in [-0.2, 0) is 0 Å². The zero-order valence-electron chi connectivity index (χ0n) is 14.0. The predicted molar refractivity (Wildman–Crippen MR) is 97.0 cm³/mol. The van der Waals surface area contributed by atoms with Crippen molar-refractivity contribution in [1.82, 2.24) is 9.97 Å². The number of aryl methyl sites for hydroxylation is 2. The zero-order valence-corrected chi connectivity index (χ0v) is 15.6. The van der Waals surface area contributed by atoms with E-state index in [0.717, 1.165) is 15.7 Å². The SMILES string of the molecule is Cc1cc(C(=O)Nc2ccc(C)c(Br)c2)nc(NC(C)(C)C)n1. The summed E-state index contributed by atoms with van der Waals surface area (Å²) >= 11 is 3.46. The van der Waals surface area contributed by atoms with E-state index in [9.17, 15) is 4.79 Å². The number of carbonyl (C=O) groups is 1. The van der Waals surface area contributed by atoms with Crippen molar-refractivity contribution in [3.63, 3.8) is 0 Å². The lowest BCUT2D eigenvalue weighted by Gasteiger charge is -2.20. The van der Waals surface area contributed by atoms with Crippen molar-refractivity contribution in [1.29, 1.82) is 0 Å². The molecule has 0 saturated carbocycles. The summed E-state index contributed by atoms with van der Waals surface area (Å²) in [4.78, 5) is 21.1. The Morgan fingerprint density at radius 3 is 2.43 bits per heavy atom. The summed E-state index contributed by atoms with van der Waals surface area (Å²) in [5.74, 6) is 0.191. The Balaban J connectivity index is 2.23. The van der Waals surface area contributed by atoms with Crippen molar-refractivity contribution in [2.45, 2.75) is 40.2 Å². The molecule has 6 heteroatoms. The standard InChI is InChI=1S/C17H21BrN4O/c1-10-6-7-12(9-13(10)18)20-15(23)14-8-11(2)19-16(21-14)22-17(3,4)5/h6-9H,1-5H3,(H,20,23)(H,19,21,22). The van der Waals surface area contributed by atoms with Gasteiger partial charge in [-0.05, 0) is 58.4 Å². The first-order valence-electron chi connectivity index (χ1n) is 7.35. The summed E-state index contributed by atoms with van der Waals surface area (Å²) in [5.41, 5.74) is 2.72. The van der Waals surface area contributed by atoms with E-state index in [1.54, 1.807) is 6.07 Å². The molecule has 0 radical (unpaired) electrons. The van der Waals surface area contributed by atoms with E-state index in [0.29, 0.717) is 17.3 Å². The Hall–Kier alpha value is -1.95. The maximum atomic E-state index is 12.4. The number of hydrogen-bond donors (Lipinski definition) is 2. The minimum absolute atomic E-state index is 0.177. The van der Waals surface area contributed by atoms with Crippen LogP contribution >= 0.6 is 15.9 Å². The van der Waals surface area contributed by atoms with Gasteiger partial charge in [0.25, 0.3) is 5.91 Å². The molecular formula is C17H21BrN4O. The maximum Gasteiger partial charge on any atom is 0.274 e. The molecule has 0 unspecified atom stereocenters. The second-order valence-corrected chi connectivity index (χ2v) is 7.37. The molecule has 2 N–H and O–H groups in total. The van der Waals surface area contributed by atoms with Gasteiger partial charge in [0, 0.05) is 21.4 Å². The first kappa shape index (κ1) is 17.4. The summed E-state index contributed by atoms with van der Waals surface area (Å²) < 4.78 is 0.948. The summed E-state index contributed by atoms with van der Waals surface area (Å²) in [6.07, 6.45) is 0. The van der Waals surface area contributed by atoms with Crippen molar-refractivity contribution in [2.24, 2.45) is 0 Å². The molecular weight excluding hydrogens is 356 g/mol. The fourth-order valence-corrected chi connectivity index (χ4v) is 2.32. The van der Waals surface area contributed by atoms with Crippen LogP contribution in [0.25, 0.3) is 0 Å². The van der Waals surface area contributed by atoms with Gasteiger partial charge in [0.1, 0.15) is 5.69 Å². The number of nitrogens with zero attached hydrogens (tertiary/aromatic N) is 2. The van der Waals surface area contributed by atoms with Gasteiger partial charge in [0.15, 0.2) is 0 Å². The molecule has 0 spiro atoms. The third kappa shape index (κ3) is 5.03. The molecule has 0 saturated heterocycles. The van der Waals surface area contributed by atoms with Gasteiger partial charge in [-0.15, -0.1) is 0 Å². The summed E-state index contributed by atoms with van der Waals surface area (Å²) in [6, 6.07) is 7.35. The fraction of sp³-hybridized carbons (Fsp3) is 0.353. The lowest BCUT2D eigenvalue weighted by atomic mass is 10.1. The highest BCUT2D eigenvalue weighted by molar-refractivity contribution is 9.10. The molecule has 122 valence electrons. The number of benzene rings is 1. The topological polar surface area (TPSA) is 66.9 Å². The second-order valence-electron chi connectivity index (χ2n) is 6.51. The van der Waals surface area contributed by atoms with E-state index in [-0.39, 0.29) is 11.4 Å². The third-order valence-electron chi connectivity index (χ3n) is 3.00. The normalized spacial score (nSPS) is 11.2. The van der Waals surface area contributed by atoms with Gasteiger partial charge in [0.2, 0.25) is 5.95 Å². The van der Waals surface area contributed by atoms with E-state index >= 15 is 0 Å². The van der Waals surface area contributed by atoms with Crippen LogP contribution in [0, 0.1) is 13.8 Å². The van der Waals surface area contributed by atoms with Crippen LogP contribution < -0.4 is 10.6 Å². The number of nitrogens with one attached hydrogen (secondary N) is 2. The Morgan fingerprint density at radius 1 is 1.13 bits per heavy atom. The number of amides is 1. The lowest BCUT2D eigenvalue weighted by molar-refractivity contribution is 0.102. The van der Waals surface area contributed by atoms with Crippen LogP contribution in [0.15, 0.2) is 28.7 Å². The molecule has 0 bridgehead atoms. The van der Waals surface area contributed by atoms with Crippen molar-refractivity contribution in [2.75, 3.05) is 10.6 Å². The van der Waals surface area contributed by atoms with E-state index in [1.807, 2.05) is 52.8 Å². The summed E-state index contributed by atoms with van der Waals surface area (Å²) in [7, 11) is 0. The highest BCUT2D eigenvalue weighted by atomic mass is 79.9. The first-order valence-corrected chi connectivity index (χ1v) is 8.15. The van der Waals surface area contributed by atoms with E-state index in [2.05, 4.69) is 36.5 Å². The van der Waals surface area contributed by atoms with Gasteiger partial charge in [-0.2, -0.15) is 0 Å². The Bertz CT molecular complexity index is 738. The zero-order chi connectivity index (χ0) is 17.2. The molecule has 0 fully saturated rings. The quantitative estimate of drug-likeness (QED) is 0.836. The average molecular weight is 377 g/mol. The summed E-state index contributed by atoms with van der Waals surface area (Å²) in [6.45, 7) is 9.88. The molecule has 1 aromatic heterocycles. The molecule has 1 aromatic carbocycles. The van der Waals surface area contributed by atoms with E-state index in [4.69, 9.17) is 0 Å². The van der Waals surface area contributed by atoms with Gasteiger partial charge in [-0.25, -0.2) is 9.97 Å². The minimum atomic E-state index is -0.261. The largest absolute Gasteiger partial charge is 0.350 e. The molecule has 2 rings (SSSR count). The third-order valence-corrected chi connectivity index (χ3v) is 3.86. The van der Waals surface area contributed by atoms with Gasteiger partial charge in [-0.1, -0.05) is 22.0 Å². The molecule has 2 aromatic rings. The number of carbonyl (C=O) groups excluding carboxylic acids is 1. The van der Waals surface area contributed by atoms with Gasteiger partial charge >= 0.3 is 0 Å². The van der Waals surface area contributed by atoms with E-state index < -0.39 is 0 Å². The van der Waals surface area contributed by atoms with Gasteiger partial charge in [-0.3, -0.25) is 4.79 Å². The first-order chi connectivity index (χ1) is 10.6. The minimum Gasteiger partial charge on any atom is -0.350 e. The van der Waals surface area contributed by atoms with Crippen LogP contribution in [0.4, 0.5) is 11.6 Å². The van der Waals surface area contributed by atoms with Gasteiger partial charge < -0.3 is 10.6 Å². The highest BCUT2D eigenvalue weighted by Gasteiger charge is 2.15. The smallest absolute Gasteiger partial charge is 0.274 e. The van der Waals surface area contributed by atoms with Crippen molar-refractivity contribution >= 4 is 33.5 Å². The average Bonchev–Trinajstić information content (AvgIpc) is 2.40. The van der Waals surface area contributed by atoms with Crippen LogP contribution in [0.1, 0.15) is 42.5 Å². The Kier molecular flexibility index (Phi) is 5.04. The fourth-order valence-electron chi connectivity index (χ4n) is 1.94. The molecule has 0 aliphatic carbocycles. The number of hydrogen-bond acceptors (Lipinski definition) is 4. The number of anilines is 2. The molecule has 0 aliphatic rings. The Morgan fingerprint density at radius 2 is 1.83 bits per heavy atom. The van der Waals surface area contributed by atoms with Gasteiger partial charge in [0.05, 0.1) is 0 Å². The summed E-state index contributed by atoms with van der Waals surface area (Å²) in [5, 5.41) is 6.04. The second kappa shape index (κ2) is 6.66. The number of aromatic nitrogens is 2. The molecule has 1 amide bonds. The van der Waals surface area contributed by atoms with Crippen LogP contribution in [-0.4, -0.2) is 21.4 Å². The monoisotopic (exact) mass is 376 g/mol. The van der Waals surface area contributed by atoms with Crippen molar-refractivity contribution < 1.29 is 4.79 Å². The highest BCUT2D eigenvalue weighted by Crippen LogP contribution is 2.21. The van der Waals surface area contributed by atoms with Crippen LogP contribution in [0.3, 0.4) is 0 Å². The molecule has 1 heterocycles. The van der Waals surface area contributed by atoms with Crippen molar-refractivity contribution in [3.05, 3.63) is 45.7 Å². The predicted octanol–water partition coefficient (Wildman–Crippen LogP) is 4.32. The molecule has 0 atom stereocenters. The van der Waals surface area contributed by atoms with Crippen LogP contribution in [0.2, 0.25) is 0 Å². The number of rotatable bonds is 3. The molecule has 23 heavy (non-hydrogen) atoms. The van der Waals surface area contributed by atoms with Crippen LogP contribution in [0.5, 0.6) is 0 Å². The van der Waals surface area contributed by atoms with E-state index in [1.165, 1.54) is 0 Å². The number of halogens is 1. The molecule has 5 nitrogen and oxygen atoms in total.